The van der Waals surface area contributed by atoms with Gasteiger partial charge in [-0.2, -0.15) is 0 Å². The summed E-state index contributed by atoms with van der Waals surface area (Å²) >= 11 is 0. The fraction of sp³-hybridized carbons (Fsp3) is 1.00. The molecule has 17 heavy (non-hydrogen) atoms. The van der Waals surface area contributed by atoms with E-state index < -0.39 is 0 Å². The highest BCUT2D eigenvalue weighted by molar-refractivity contribution is 4.89. The van der Waals surface area contributed by atoms with E-state index in [1.54, 1.807) is 0 Å². The third-order valence-corrected chi connectivity index (χ3v) is 4.06. The minimum Gasteiger partial charge on any atom is -0.381 e. The Kier molecular flexibility index (Phi) is 5.46. The Hall–Kier alpha value is -0.0800. The van der Waals surface area contributed by atoms with Crippen LogP contribution in [0.5, 0.6) is 0 Å². The van der Waals surface area contributed by atoms with Crippen LogP contribution in [0.4, 0.5) is 0 Å². The zero-order chi connectivity index (χ0) is 12.9. The van der Waals surface area contributed by atoms with Crippen molar-refractivity contribution in [2.75, 3.05) is 19.8 Å². The lowest BCUT2D eigenvalue weighted by molar-refractivity contribution is 0.122. The molecule has 1 rings (SSSR count). The smallest absolute Gasteiger partial charge is 0.0535 e. The summed E-state index contributed by atoms with van der Waals surface area (Å²) in [5.41, 5.74) is 0.605. The van der Waals surface area contributed by atoms with Crippen LogP contribution in [0.15, 0.2) is 0 Å². The van der Waals surface area contributed by atoms with Crippen molar-refractivity contribution in [1.29, 1.82) is 0 Å². The summed E-state index contributed by atoms with van der Waals surface area (Å²) in [5.74, 6) is 0.860. The Bertz CT molecular complexity index is 209. The van der Waals surface area contributed by atoms with Gasteiger partial charge in [0.15, 0.2) is 0 Å². The van der Waals surface area contributed by atoms with Crippen LogP contribution in [-0.2, 0) is 4.74 Å². The molecule has 0 bridgehead atoms. The van der Waals surface area contributed by atoms with Gasteiger partial charge in [-0.25, -0.2) is 0 Å². The summed E-state index contributed by atoms with van der Waals surface area (Å²) in [6.07, 6.45) is 5.15. The lowest BCUT2D eigenvalue weighted by Gasteiger charge is -2.34. The third-order valence-electron chi connectivity index (χ3n) is 4.06. The number of ether oxygens (including phenoxy) is 1. The van der Waals surface area contributed by atoms with Crippen LogP contribution in [0.2, 0.25) is 0 Å². The van der Waals surface area contributed by atoms with Gasteiger partial charge < -0.3 is 10.1 Å². The average molecular weight is 241 g/mol. The van der Waals surface area contributed by atoms with Crippen molar-refractivity contribution in [1.82, 2.24) is 5.32 Å². The maximum atomic E-state index is 5.68. The fourth-order valence-corrected chi connectivity index (χ4v) is 2.66. The lowest BCUT2D eigenvalue weighted by atomic mass is 9.76. The molecule has 0 amide bonds. The predicted octanol–water partition coefficient (Wildman–Crippen LogP) is 3.61. The number of hydrogen-bond acceptors (Lipinski definition) is 2. The van der Waals surface area contributed by atoms with Gasteiger partial charge in [-0.05, 0) is 39.5 Å². The zero-order valence-electron chi connectivity index (χ0n) is 12.4. The van der Waals surface area contributed by atoms with Crippen molar-refractivity contribution in [3.05, 3.63) is 0 Å². The van der Waals surface area contributed by atoms with Gasteiger partial charge in [-0.3, -0.25) is 0 Å². The largest absolute Gasteiger partial charge is 0.381 e. The molecule has 1 unspecified atom stereocenters. The Morgan fingerprint density at radius 3 is 2.29 bits per heavy atom. The fourth-order valence-electron chi connectivity index (χ4n) is 2.66. The third kappa shape index (κ3) is 4.97. The first-order valence-corrected chi connectivity index (χ1v) is 7.23. The second-order valence-electron chi connectivity index (χ2n) is 6.79. The Morgan fingerprint density at radius 1 is 1.24 bits per heavy atom. The Morgan fingerprint density at radius 2 is 1.88 bits per heavy atom. The van der Waals surface area contributed by atoms with Gasteiger partial charge >= 0.3 is 0 Å². The molecule has 0 aliphatic carbocycles. The van der Waals surface area contributed by atoms with Gasteiger partial charge in [-0.15, -0.1) is 0 Å². The molecule has 2 heteroatoms. The molecule has 1 atom stereocenters. The molecule has 0 saturated carbocycles. The normalized spacial score (nSPS) is 25.8. The number of hydrogen-bond donors (Lipinski definition) is 1. The molecular weight excluding hydrogens is 210 g/mol. The summed E-state index contributed by atoms with van der Waals surface area (Å²) in [6.45, 7) is 14.4. The maximum Gasteiger partial charge on any atom is 0.0535 e. The van der Waals surface area contributed by atoms with Crippen LogP contribution < -0.4 is 5.32 Å². The van der Waals surface area contributed by atoms with Crippen LogP contribution in [0.25, 0.3) is 0 Å². The molecule has 0 aromatic carbocycles. The van der Waals surface area contributed by atoms with Crippen LogP contribution in [0.1, 0.15) is 60.3 Å². The van der Waals surface area contributed by atoms with Crippen LogP contribution in [0, 0.1) is 11.3 Å². The molecule has 2 nitrogen and oxygen atoms in total. The summed E-state index contributed by atoms with van der Waals surface area (Å²) in [6, 6.07) is 0. The summed E-state index contributed by atoms with van der Waals surface area (Å²) in [4.78, 5) is 0. The van der Waals surface area contributed by atoms with Crippen molar-refractivity contribution in [3.8, 4) is 0 Å². The van der Waals surface area contributed by atoms with E-state index in [0.717, 1.165) is 25.7 Å². The first-order valence-electron chi connectivity index (χ1n) is 7.23. The molecule has 0 radical (unpaired) electrons. The Balaban J connectivity index is 2.56. The summed E-state index contributed by atoms with van der Waals surface area (Å²) in [7, 11) is 0. The molecule has 1 aliphatic heterocycles. The first-order chi connectivity index (χ1) is 7.91. The number of nitrogens with one attached hydrogen (secondary N) is 1. The minimum atomic E-state index is 0.212. The highest BCUT2D eigenvalue weighted by Gasteiger charge is 2.36. The van der Waals surface area contributed by atoms with Gasteiger partial charge in [0.05, 0.1) is 6.61 Å². The first kappa shape index (κ1) is 15.0. The van der Waals surface area contributed by atoms with Crippen molar-refractivity contribution in [2.24, 2.45) is 11.3 Å². The summed E-state index contributed by atoms with van der Waals surface area (Å²) in [5, 5.41) is 3.68. The van der Waals surface area contributed by atoms with E-state index in [2.05, 4.69) is 39.9 Å². The van der Waals surface area contributed by atoms with Gasteiger partial charge in [0, 0.05) is 24.1 Å². The lowest BCUT2D eigenvalue weighted by Crippen LogP contribution is -2.45. The monoisotopic (exact) mass is 241 g/mol. The van der Waals surface area contributed by atoms with E-state index >= 15 is 0 Å². The second kappa shape index (κ2) is 6.19. The highest BCUT2D eigenvalue weighted by atomic mass is 16.5. The predicted molar refractivity (Wildman–Crippen MR) is 74.3 cm³/mol. The minimum absolute atomic E-state index is 0.212. The van der Waals surface area contributed by atoms with Crippen molar-refractivity contribution >= 4 is 0 Å². The molecule has 1 N–H and O–H groups in total. The van der Waals surface area contributed by atoms with Crippen molar-refractivity contribution in [3.63, 3.8) is 0 Å². The van der Waals surface area contributed by atoms with Crippen LogP contribution >= 0.6 is 0 Å². The SMILES string of the molecule is CCC(CC)CC1(CNC(C)(C)C)CCOC1. The molecule has 1 heterocycles. The van der Waals surface area contributed by atoms with E-state index in [1.807, 2.05) is 0 Å². The van der Waals surface area contributed by atoms with E-state index in [9.17, 15) is 0 Å². The average Bonchev–Trinajstić information content (AvgIpc) is 2.72. The summed E-state index contributed by atoms with van der Waals surface area (Å²) < 4.78 is 5.68. The zero-order valence-corrected chi connectivity index (χ0v) is 12.4. The van der Waals surface area contributed by atoms with E-state index in [0.29, 0.717) is 5.41 Å². The molecule has 102 valence electrons. The molecule has 0 aromatic heterocycles. The highest BCUT2D eigenvalue weighted by Crippen LogP contribution is 2.37. The van der Waals surface area contributed by atoms with Crippen LogP contribution in [0.3, 0.4) is 0 Å². The van der Waals surface area contributed by atoms with E-state index in [-0.39, 0.29) is 5.54 Å². The van der Waals surface area contributed by atoms with E-state index in [4.69, 9.17) is 4.74 Å². The molecule has 1 aliphatic rings. The van der Waals surface area contributed by atoms with E-state index in [1.165, 1.54) is 25.7 Å². The van der Waals surface area contributed by atoms with Gasteiger partial charge in [0.25, 0.3) is 0 Å². The topological polar surface area (TPSA) is 21.3 Å². The second-order valence-corrected chi connectivity index (χ2v) is 6.79. The molecule has 0 spiro atoms. The standard InChI is InChI=1S/C15H31NO/c1-6-13(7-2)10-15(8-9-17-12-15)11-16-14(3,4)5/h13,16H,6-12H2,1-5H3. The molecular formula is C15H31NO. The van der Waals surface area contributed by atoms with Crippen molar-refractivity contribution in [2.45, 2.75) is 65.8 Å². The molecule has 1 saturated heterocycles. The number of rotatable bonds is 6. The quantitative estimate of drug-likeness (QED) is 0.767. The Labute approximate surface area is 108 Å². The van der Waals surface area contributed by atoms with Crippen LogP contribution in [-0.4, -0.2) is 25.3 Å². The molecule has 0 aromatic rings. The van der Waals surface area contributed by atoms with Gasteiger partial charge in [-0.1, -0.05) is 26.7 Å². The molecule has 1 fully saturated rings. The van der Waals surface area contributed by atoms with Gasteiger partial charge in [0.2, 0.25) is 0 Å². The maximum absolute atomic E-state index is 5.68. The van der Waals surface area contributed by atoms with Crippen molar-refractivity contribution < 1.29 is 4.74 Å². The van der Waals surface area contributed by atoms with Gasteiger partial charge in [0.1, 0.15) is 0 Å².